The molecule has 4 nitrogen and oxygen atoms in total. The van der Waals surface area contributed by atoms with Crippen molar-refractivity contribution in [3.63, 3.8) is 0 Å². The average molecular weight is 222 g/mol. The largest absolute Gasteiger partial charge is 0.458 e. The van der Waals surface area contributed by atoms with Crippen molar-refractivity contribution in [3.8, 4) is 0 Å². The highest BCUT2D eigenvalue weighted by atomic mass is 16.6. The molecule has 3 aliphatic rings. The molecule has 1 saturated heterocycles. The SMILES string of the molecule is C=C(C)C(=O)OC1C2CC3C1OC(=O)[C@@H]3C2. The number of carbonyl (C=O) groups is 2. The molecule has 16 heavy (non-hydrogen) atoms. The maximum atomic E-state index is 11.5. The molecular formula is C12H14O4. The van der Waals surface area contributed by atoms with E-state index in [1.165, 1.54) is 0 Å². The molecule has 1 heterocycles. The quantitative estimate of drug-likeness (QED) is 0.517. The van der Waals surface area contributed by atoms with Crippen LogP contribution >= 0.6 is 0 Å². The second kappa shape index (κ2) is 3.09. The smallest absolute Gasteiger partial charge is 0.333 e. The molecule has 3 rings (SSSR count). The van der Waals surface area contributed by atoms with E-state index < -0.39 is 0 Å². The lowest BCUT2D eigenvalue weighted by atomic mass is 9.88. The van der Waals surface area contributed by atoms with Crippen LogP contribution in [-0.2, 0) is 19.1 Å². The predicted molar refractivity (Wildman–Crippen MR) is 54.3 cm³/mol. The van der Waals surface area contributed by atoms with Crippen LogP contribution < -0.4 is 0 Å². The van der Waals surface area contributed by atoms with Gasteiger partial charge in [-0.1, -0.05) is 6.58 Å². The maximum absolute atomic E-state index is 11.5. The van der Waals surface area contributed by atoms with Crippen molar-refractivity contribution in [2.45, 2.75) is 32.0 Å². The number of rotatable bonds is 2. The first kappa shape index (κ1) is 9.87. The van der Waals surface area contributed by atoms with Crippen molar-refractivity contribution in [1.29, 1.82) is 0 Å². The Bertz CT molecular complexity index is 386. The molecule has 86 valence electrons. The highest BCUT2D eigenvalue weighted by molar-refractivity contribution is 5.87. The third-order valence-corrected chi connectivity index (χ3v) is 4.01. The van der Waals surface area contributed by atoms with Gasteiger partial charge in [0.1, 0.15) is 12.2 Å². The summed E-state index contributed by atoms with van der Waals surface area (Å²) in [6, 6.07) is 0. The molecule has 0 spiro atoms. The molecular weight excluding hydrogens is 208 g/mol. The third-order valence-electron chi connectivity index (χ3n) is 4.01. The lowest BCUT2D eigenvalue weighted by Crippen LogP contribution is -2.36. The summed E-state index contributed by atoms with van der Waals surface area (Å²) in [6.07, 6.45) is 1.33. The van der Waals surface area contributed by atoms with E-state index in [2.05, 4.69) is 6.58 Å². The molecule has 0 N–H and O–H groups in total. The number of fused-ring (bicyclic) bond motifs is 1. The van der Waals surface area contributed by atoms with Crippen LogP contribution in [0.25, 0.3) is 0 Å². The van der Waals surface area contributed by atoms with Gasteiger partial charge in [0, 0.05) is 17.4 Å². The molecule has 4 unspecified atom stereocenters. The summed E-state index contributed by atoms with van der Waals surface area (Å²) in [7, 11) is 0. The molecule has 3 fully saturated rings. The fraction of sp³-hybridized carbons (Fsp3) is 0.667. The fourth-order valence-electron chi connectivity index (χ4n) is 3.29. The molecule has 0 aromatic carbocycles. The zero-order valence-electron chi connectivity index (χ0n) is 9.14. The summed E-state index contributed by atoms with van der Waals surface area (Å²) < 4.78 is 10.7. The predicted octanol–water partition coefficient (Wildman–Crippen LogP) is 1.06. The van der Waals surface area contributed by atoms with Gasteiger partial charge in [0.2, 0.25) is 0 Å². The van der Waals surface area contributed by atoms with Crippen LogP contribution in [0.5, 0.6) is 0 Å². The van der Waals surface area contributed by atoms with E-state index in [9.17, 15) is 9.59 Å². The Morgan fingerprint density at radius 3 is 2.94 bits per heavy atom. The van der Waals surface area contributed by atoms with Gasteiger partial charge in [-0.15, -0.1) is 0 Å². The Balaban J connectivity index is 1.77. The Kier molecular flexibility index (Phi) is 1.91. The summed E-state index contributed by atoms with van der Waals surface area (Å²) in [4.78, 5) is 22.9. The van der Waals surface area contributed by atoms with Crippen LogP contribution in [0.2, 0.25) is 0 Å². The van der Waals surface area contributed by atoms with Crippen molar-refractivity contribution in [3.05, 3.63) is 12.2 Å². The van der Waals surface area contributed by atoms with Gasteiger partial charge in [-0.2, -0.15) is 0 Å². The summed E-state index contributed by atoms with van der Waals surface area (Å²) in [5, 5.41) is 0. The molecule has 5 atom stereocenters. The molecule has 2 bridgehead atoms. The van der Waals surface area contributed by atoms with E-state index >= 15 is 0 Å². The minimum absolute atomic E-state index is 0.0646. The summed E-state index contributed by atoms with van der Waals surface area (Å²) in [5.74, 6) is 0.161. The van der Waals surface area contributed by atoms with Crippen LogP contribution in [0.4, 0.5) is 0 Å². The second-order valence-corrected chi connectivity index (χ2v) is 5.05. The van der Waals surface area contributed by atoms with E-state index in [4.69, 9.17) is 9.47 Å². The first-order chi connectivity index (χ1) is 7.58. The Morgan fingerprint density at radius 1 is 1.50 bits per heavy atom. The lowest BCUT2D eigenvalue weighted by molar-refractivity contribution is -0.158. The summed E-state index contributed by atoms with van der Waals surface area (Å²) in [6.45, 7) is 5.18. The van der Waals surface area contributed by atoms with Gasteiger partial charge in [0.15, 0.2) is 0 Å². The molecule has 4 heteroatoms. The van der Waals surface area contributed by atoms with E-state index in [0.29, 0.717) is 11.5 Å². The van der Waals surface area contributed by atoms with Crippen molar-refractivity contribution in [2.75, 3.05) is 0 Å². The van der Waals surface area contributed by atoms with E-state index in [1.54, 1.807) is 6.92 Å². The van der Waals surface area contributed by atoms with Gasteiger partial charge in [-0.3, -0.25) is 4.79 Å². The van der Waals surface area contributed by atoms with Crippen LogP contribution in [-0.4, -0.2) is 24.1 Å². The first-order valence-electron chi connectivity index (χ1n) is 5.65. The number of hydrogen-bond donors (Lipinski definition) is 0. The molecule has 0 aromatic heterocycles. The minimum Gasteiger partial charge on any atom is -0.458 e. The highest BCUT2D eigenvalue weighted by Crippen LogP contribution is 2.55. The minimum atomic E-state index is -0.378. The number of esters is 2. The topological polar surface area (TPSA) is 52.6 Å². The van der Waals surface area contributed by atoms with E-state index in [0.717, 1.165) is 12.8 Å². The van der Waals surface area contributed by atoms with Crippen LogP contribution in [0.3, 0.4) is 0 Å². The van der Waals surface area contributed by atoms with Crippen molar-refractivity contribution >= 4 is 11.9 Å². The maximum Gasteiger partial charge on any atom is 0.333 e. The van der Waals surface area contributed by atoms with Gasteiger partial charge in [-0.05, 0) is 19.8 Å². The normalized spacial score (nSPS) is 43.3. The summed E-state index contributed by atoms with van der Waals surface area (Å²) in [5.41, 5.74) is 0.392. The first-order valence-corrected chi connectivity index (χ1v) is 5.65. The van der Waals surface area contributed by atoms with Crippen LogP contribution in [0.1, 0.15) is 19.8 Å². The zero-order valence-corrected chi connectivity index (χ0v) is 9.14. The highest BCUT2D eigenvalue weighted by Gasteiger charge is 2.63. The van der Waals surface area contributed by atoms with Crippen LogP contribution in [0.15, 0.2) is 12.2 Å². The number of carbonyl (C=O) groups excluding carboxylic acids is 2. The Morgan fingerprint density at radius 2 is 2.25 bits per heavy atom. The summed E-state index contributed by atoms with van der Waals surface area (Å²) >= 11 is 0. The molecule has 2 aliphatic carbocycles. The second-order valence-electron chi connectivity index (χ2n) is 5.05. The standard InChI is InChI=1S/C12H14O4/c1-5(2)11(13)15-9-6-3-7-8(4-6)12(14)16-10(7)9/h6-10H,1,3-4H2,2H3/t6?,7?,8-,9?,10?/m1/s1. The van der Waals surface area contributed by atoms with Gasteiger partial charge >= 0.3 is 11.9 Å². The molecule has 0 amide bonds. The zero-order chi connectivity index (χ0) is 11.4. The van der Waals surface area contributed by atoms with E-state index in [-0.39, 0.29) is 36.0 Å². The Labute approximate surface area is 93.6 Å². The molecule has 2 saturated carbocycles. The molecule has 0 radical (unpaired) electrons. The van der Waals surface area contributed by atoms with Gasteiger partial charge in [0.25, 0.3) is 0 Å². The molecule has 1 aliphatic heterocycles. The number of ether oxygens (including phenoxy) is 2. The van der Waals surface area contributed by atoms with Gasteiger partial charge < -0.3 is 9.47 Å². The van der Waals surface area contributed by atoms with Crippen molar-refractivity contribution in [2.24, 2.45) is 17.8 Å². The van der Waals surface area contributed by atoms with E-state index in [1.807, 2.05) is 0 Å². The number of hydrogen-bond acceptors (Lipinski definition) is 4. The van der Waals surface area contributed by atoms with Gasteiger partial charge in [-0.25, -0.2) is 4.79 Å². The Hall–Kier alpha value is -1.32. The molecule has 0 aromatic rings. The average Bonchev–Trinajstić information content (AvgIpc) is 2.81. The van der Waals surface area contributed by atoms with Gasteiger partial charge in [0.05, 0.1) is 5.92 Å². The van der Waals surface area contributed by atoms with Crippen molar-refractivity contribution in [1.82, 2.24) is 0 Å². The fourth-order valence-corrected chi connectivity index (χ4v) is 3.29. The monoisotopic (exact) mass is 222 g/mol. The van der Waals surface area contributed by atoms with Crippen LogP contribution in [0, 0.1) is 17.8 Å². The third kappa shape index (κ3) is 1.16. The van der Waals surface area contributed by atoms with Crippen molar-refractivity contribution < 1.29 is 19.1 Å². The lowest BCUT2D eigenvalue weighted by Gasteiger charge is -2.25.